The molecule has 32 heavy (non-hydrogen) atoms. The van der Waals surface area contributed by atoms with Crippen molar-refractivity contribution in [3.05, 3.63) is 58.7 Å². The third-order valence-electron chi connectivity index (χ3n) is 4.64. The molecule has 1 amide bonds. The van der Waals surface area contributed by atoms with Crippen LogP contribution in [0.25, 0.3) is 0 Å². The standard InChI is InChI=1S/C20H17ClN4O6S/c1-11(26)13-4-3-5-14(6-13)24-32(28,29)18-8-17-16(7-15(18)21)25(20(27)10-30-17)9-19-22-12(2)31-23-19/h3-8,24H,9-10H2,1-2H3. The van der Waals surface area contributed by atoms with Gasteiger partial charge in [-0.05, 0) is 25.1 Å². The van der Waals surface area contributed by atoms with Gasteiger partial charge in [-0.2, -0.15) is 4.98 Å². The van der Waals surface area contributed by atoms with Gasteiger partial charge < -0.3 is 9.26 Å². The maximum absolute atomic E-state index is 13.0. The number of rotatable bonds is 6. The van der Waals surface area contributed by atoms with E-state index in [1.165, 1.54) is 36.1 Å². The second kappa shape index (κ2) is 8.24. The van der Waals surface area contributed by atoms with E-state index in [0.29, 0.717) is 11.5 Å². The molecular formula is C20H17ClN4O6S. The maximum Gasteiger partial charge on any atom is 0.265 e. The van der Waals surface area contributed by atoms with Crippen molar-refractivity contribution < 1.29 is 27.3 Å². The lowest BCUT2D eigenvalue weighted by Gasteiger charge is -2.29. The number of sulfonamides is 1. The molecule has 0 saturated carbocycles. The predicted octanol–water partition coefficient (Wildman–Crippen LogP) is 2.96. The molecule has 1 aromatic heterocycles. The molecule has 166 valence electrons. The second-order valence-electron chi connectivity index (χ2n) is 6.99. The van der Waals surface area contributed by atoms with E-state index < -0.39 is 10.0 Å². The number of ketones is 1. The predicted molar refractivity (Wildman–Crippen MR) is 114 cm³/mol. The highest BCUT2D eigenvalue weighted by atomic mass is 35.5. The quantitative estimate of drug-likeness (QED) is 0.537. The van der Waals surface area contributed by atoms with Gasteiger partial charge in [-0.1, -0.05) is 28.9 Å². The minimum Gasteiger partial charge on any atom is -0.482 e. The van der Waals surface area contributed by atoms with Crippen molar-refractivity contribution >= 4 is 44.7 Å². The minimum atomic E-state index is -4.12. The molecule has 0 radical (unpaired) electrons. The van der Waals surface area contributed by atoms with E-state index in [2.05, 4.69) is 14.9 Å². The van der Waals surface area contributed by atoms with Gasteiger partial charge in [0.15, 0.2) is 18.2 Å². The second-order valence-corrected chi connectivity index (χ2v) is 9.05. The fraction of sp³-hybridized carbons (Fsp3) is 0.200. The first-order valence-electron chi connectivity index (χ1n) is 9.34. The van der Waals surface area contributed by atoms with Crippen molar-refractivity contribution in [2.75, 3.05) is 16.2 Å². The highest BCUT2D eigenvalue weighted by Crippen LogP contribution is 2.39. The summed E-state index contributed by atoms with van der Waals surface area (Å²) in [6, 6.07) is 8.67. The van der Waals surface area contributed by atoms with Crippen molar-refractivity contribution in [3.8, 4) is 5.75 Å². The van der Waals surface area contributed by atoms with Crippen LogP contribution in [0.2, 0.25) is 5.02 Å². The van der Waals surface area contributed by atoms with Gasteiger partial charge in [0, 0.05) is 24.2 Å². The number of aromatic nitrogens is 2. The van der Waals surface area contributed by atoms with Gasteiger partial charge in [0.05, 0.1) is 17.3 Å². The van der Waals surface area contributed by atoms with Gasteiger partial charge in [-0.3, -0.25) is 19.2 Å². The Hall–Kier alpha value is -3.44. The van der Waals surface area contributed by atoms with Crippen LogP contribution in [0, 0.1) is 6.92 Å². The number of Topliss-reactive ketones (excluding diaryl/α,β-unsaturated/α-hetero) is 1. The van der Waals surface area contributed by atoms with Gasteiger partial charge in [0.2, 0.25) is 5.89 Å². The van der Waals surface area contributed by atoms with Gasteiger partial charge >= 0.3 is 0 Å². The lowest BCUT2D eigenvalue weighted by atomic mass is 10.1. The summed E-state index contributed by atoms with van der Waals surface area (Å²) in [5.41, 5.74) is 0.846. The molecule has 0 atom stereocenters. The van der Waals surface area contributed by atoms with Crippen LogP contribution < -0.4 is 14.4 Å². The number of aryl methyl sites for hydroxylation is 1. The lowest BCUT2D eigenvalue weighted by Crippen LogP contribution is -2.38. The molecule has 0 aliphatic carbocycles. The van der Waals surface area contributed by atoms with Gasteiger partial charge in [0.25, 0.3) is 15.9 Å². The molecule has 0 fully saturated rings. The van der Waals surface area contributed by atoms with E-state index in [4.69, 9.17) is 20.9 Å². The Balaban J connectivity index is 1.67. The number of amides is 1. The molecule has 12 heteroatoms. The van der Waals surface area contributed by atoms with Gasteiger partial charge in [-0.25, -0.2) is 8.42 Å². The molecular weight excluding hydrogens is 460 g/mol. The Labute approximate surface area is 188 Å². The number of anilines is 2. The topological polar surface area (TPSA) is 132 Å². The van der Waals surface area contributed by atoms with E-state index in [1.54, 1.807) is 19.1 Å². The van der Waals surface area contributed by atoms with Crippen molar-refractivity contribution in [3.63, 3.8) is 0 Å². The summed E-state index contributed by atoms with van der Waals surface area (Å²) in [5, 5.41) is 3.66. The fourth-order valence-corrected chi connectivity index (χ4v) is 4.73. The molecule has 2 aromatic carbocycles. The van der Waals surface area contributed by atoms with Crippen LogP contribution >= 0.6 is 11.6 Å². The van der Waals surface area contributed by atoms with E-state index in [1.807, 2.05) is 0 Å². The highest BCUT2D eigenvalue weighted by molar-refractivity contribution is 7.92. The van der Waals surface area contributed by atoms with E-state index in [9.17, 15) is 18.0 Å². The monoisotopic (exact) mass is 476 g/mol. The summed E-state index contributed by atoms with van der Waals surface area (Å²) in [7, 11) is -4.12. The zero-order valence-electron chi connectivity index (χ0n) is 17.0. The third-order valence-corrected chi connectivity index (χ3v) is 6.48. The molecule has 0 spiro atoms. The Morgan fingerprint density at radius 1 is 1.28 bits per heavy atom. The summed E-state index contributed by atoms with van der Waals surface area (Å²) < 4.78 is 38.7. The number of ether oxygens (including phenoxy) is 1. The van der Waals surface area contributed by atoms with Crippen molar-refractivity contribution in [2.24, 2.45) is 0 Å². The van der Waals surface area contributed by atoms with Crippen LogP contribution in [0.5, 0.6) is 5.75 Å². The van der Waals surface area contributed by atoms with Gasteiger partial charge in [0.1, 0.15) is 10.6 Å². The first kappa shape index (κ1) is 21.8. The molecule has 3 aromatic rings. The Kier molecular flexibility index (Phi) is 5.61. The first-order chi connectivity index (χ1) is 15.1. The summed E-state index contributed by atoms with van der Waals surface area (Å²) in [6.45, 7) is 2.72. The molecule has 0 saturated heterocycles. The van der Waals surface area contributed by atoms with E-state index >= 15 is 0 Å². The molecule has 0 unspecified atom stereocenters. The summed E-state index contributed by atoms with van der Waals surface area (Å²) in [6.07, 6.45) is 0. The van der Waals surface area contributed by atoms with E-state index in [-0.39, 0.29) is 57.7 Å². The number of hydrogen-bond acceptors (Lipinski definition) is 8. The maximum atomic E-state index is 13.0. The van der Waals surface area contributed by atoms with Crippen molar-refractivity contribution in [2.45, 2.75) is 25.3 Å². The van der Waals surface area contributed by atoms with Crippen LogP contribution in [0.3, 0.4) is 0 Å². The Morgan fingerprint density at radius 2 is 2.06 bits per heavy atom. The zero-order valence-corrected chi connectivity index (χ0v) is 18.5. The average molecular weight is 477 g/mol. The number of hydrogen-bond donors (Lipinski definition) is 1. The molecule has 0 bridgehead atoms. The highest BCUT2D eigenvalue weighted by Gasteiger charge is 2.30. The smallest absolute Gasteiger partial charge is 0.265 e. The number of halogens is 1. The fourth-order valence-electron chi connectivity index (χ4n) is 3.14. The third kappa shape index (κ3) is 4.30. The number of nitrogens with one attached hydrogen (secondary N) is 1. The van der Waals surface area contributed by atoms with Crippen molar-refractivity contribution in [1.82, 2.24) is 10.1 Å². The molecule has 1 N–H and O–H groups in total. The zero-order chi connectivity index (χ0) is 23.0. The number of benzene rings is 2. The van der Waals surface area contributed by atoms with Gasteiger partial charge in [-0.15, -0.1) is 0 Å². The molecule has 1 aliphatic rings. The van der Waals surface area contributed by atoms with E-state index in [0.717, 1.165) is 0 Å². The van der Waals surface area contributed by atoms with Crippen LogP contribution in [0.4, 0.5) is 11.4 Å². The normalized spacial score (nSPS) is 13.5. The number of fused-ring (bicyclic) bond motifs is 1. The Bertz CT molecular complexity index is 1340. The van der Waals surface area contributed by atoms with Crippen molar-refractivity contribution in [1.29, 1.82) is 0 Å². The van der Waals surface area contributed by atoms with Crippen LogP contribution in [0.1, 0.15) is 29.0 Å². The number of carbonyl (C=O) groups excluding carboxylic acids is 2. The lowest BCUT2D eigenvalue weighted by molar-refractivity contribution is -0.121. The van der Waals surface area contributed by atoms with Crippen LogP contribution in [-0.2, 0) is 21.4 Å². The SMILES string of the molecule is CC(=O)c1cccc(NS(=O)(=O)c2cc3c(cc2Cl)N(Cc2noc(C)n2)C(=O)CO3)c1. The first-order valence-corrected chi connectivity index (χ1v) is 11.2. The summed E-state index contributed by atoms with van der Waals surface area (Å²) in [4.78, 5) is 29.2. The minimum absolute atomic E-state index is 0.00501. The Morgan fingerprint density at radius 3 is 2.75 bits per heavy atom. The summed E-state index contributed by atoms with van der Waals surface area (Å²) >= 11 is 6.30. The average Bonchev–Trinajstić information content (AvgIpc) is 3.14. The molecule has 1 aliphatic heterocycles. The largest absolute Gasteiger partial charge is 0.482 e. The summed E-state index contributed by atoms with van der Waals surface area (Å²) in [5.74, 6) is 0.217. The van der Waals surface area contributed by atoms with Crippen LogP contribution in [-0.4, -0.2) is 36.9 Å². The number of carbonyl (C=O) groups is 2. The molecule has 10 nitrogen and oxygen atoms in total. The van der Waals surface area contributed by atoms with Crippen LogP contribution in [0.15, 0.2) is 45.8 Å². The molecule has 2 heterocycles. The molecule has 4 rings (SSSR count). The number of nitrogens with zero attached hydrogens (tertiary/aromatic N) is 3.